The molecule has 0 aliphatic heterocycles. The Balaban J connectivity index is 1.76. The topological polar surface area (TPSA) is 54.9 Å². The lowest BCUT2D eigenvalue weighted by Crippen LogP contribution is -2.37. The Morgan fingerprint density at radius 3 is 2.42 bits per heavy atom. The summed E-state index contributed by atoms with van der Waals surface area (Å²) in [5.41, 5.74) is 1.19. The quantitative estimate of drug-likeness (QED) is 0.647. The Morgan fingerprint density at radius 1 is 1.17 bits per heavy atom. The van der Waals surface area contributed by atoms with Gasteiger partial charge in [-0.15, -0.1) is 10.2 Å². The van der Waals surface area contributed by atoms with E-state index in [4.69, 9.17) is 11.6 Å². The summed E-state index contributed by atoms with van der Waals surface area (Å²) in [6, 6.07) is 7.96. The number of carbonyl (C=O) groups excluding carboxylic acids is 1. The lowest BCUT2D eigenvalue weighted by Gasteiger charge is -2.16. The van der Waals surface area contributed by atoms with Crippen molar-refractivity contribution in [1.29, 1.82) is 0 Å². The van der Waals surface area contributed by atoms with E-state index in [0.29, 0.717) is 11.7 Å². The van der Waals surface area contributed by atoms with E-state index in [2.05, 4.69) is 29.4 Å². The van der Waals surface area contributed by atoms with E-state index in [-0.39, 0.29) is 11.9 Å². The van der Waals surface area contributed by atoms with Gasteiger partial charge in [-0.25, -0.2) is 0 Å². The first-order valence-corrected chi connectivity index (χ1v) is 10.7. The predicted octanol–water partition coefficient (Wildman–Crippen LogP) is 4.74. The molecule has 1 aromatic heterocycles. The molecule has 0 fully saturated rings. The lowest BCUT2D eigenvalue weighted by atomic mass is 10.1. The van der Waals surface area contributed by atoms with Crippen molar-refractivity contribution >= 4 is 52.4 Å². The van der Waals surface area contributed by atoms with Crippen molar-refractivity contribution in [3.8, 4) is 0 Å². The Kier molecular flexibility index (Phi) is 7.87. The van der Waals surface area contributed by atoms with E-state index >= 15 is 0 Å². The molecule has 8 heteroatoms. The van der Waals surface area contributed by atoms with Crippen LogP contribution in [-0.4, -0.2) is 27.9 Å². The molecule has 0 aliphatic rings. The fourth-order valence-electron chi connectivity index (χ4n) is 1.63. The van der Waals surface area contributed by atoms with E-state index in [1.165, 1.54) is 28.7 Å². The highest BCUT2D eigenvalue weighted by molar-refractivity contribution is 8.03. The van der Waals surface area contributed by atoms with Gasteiger partial charge in [0.15, 0.2) is 8.68 Å². The smallest absolute Gasteiger partial charge is 0.230 e. The van der Waals surface area contributed by atoms with E-state index in [1.807, 2.05) is 31.2 Å². The number of hydrogen-bond donors (Lipinski definition) is 1. The van der Waals surface area contributed by atoms with Gasteiger partial charge in [-0.2, -0.15) is 0 Å². The average molecular weight is 402 g/mol. The van der Waals surface area contributed by atoms with Crippen molar-refractivity contribution in [3.63, 3.8) is 0 Å². The van der Waals surface area contributed by atoms with Crippen LogP contribution < -0.4 is 5.32 Å². The summed E-state index contributed by atoms with van der Waals surface area (Å²) >= 11 is 10.5. The lowest BCUT2D eigenvalue weighted by molar-refractivity contribution is -0.119. The number of aromatic nitrogens is 2. The van der Waals surface area contributed by atoms with Gasteiger partial charge < -0.3 is 5.32 Å². The minimum atomic E-state index is 0.0340. The van der Waals surface area contributed by atoms with E-state index < -0.39 is 0 Å². The van der Waals surface area contributed by atoms with Gasteiger partial charge >= 0.3 is 0 Å². The number of hydrogen-bond acceptors (Lipinski definition) is 6. The zero-order valence-corrected chi connectivity index (χ0v) is 17.0. The second-order valence-corrected chi connectivity index (χ2v) is 9.50. The molecule has 1 heterocycles. The summed E-state index contributed by atoms with van der Waals surface area (Å²) in [7, 11) is 0. The first-order chi connectivity index (χ1) is 11.4. The Bertz CT molecular complexity index is 661. The third-order valence-corrected chi connectivity index (χ3v) is 6.89. The van der Waals surface area contributed by atoms with Crippen molar-refractivity contribution < 1.29 is 4.79 Å². The zero-order chi connectivity index (χ0) is 17.5. The second-order valence-electron chi connectivity index (χ2n) is 5.64. The minimum Gasteiger partial charge on any atom is -0.353 e. The molecule has 1 aromatic carbocycles. The number of amides is 1. The van der Waals surface area contributed by atoms with Gasteiger partial charge in [-0.1, -0.05) is 72.4 Å². The number of benzene rings is 1. The fourth-order valence-corrected chi connectivity index (χ4v) is 4.54. The Hall–Kier alpha value is -0.760. The Labute approximate surface area is 160 Å². The summed E-state index contributed by atoms with van der Waals surface area (Å²) < 4.78 is 1.73. The molecule has 1 atom stereocenters. The molecule has 1 amide bonds. The van der Waals surface area contributed by atoms with E-state index in [1.54, 1.807) is 11.8 Å². The molecular formula is C16H20ClN3OS3. The van der Waals surface area contributed by atoms with Crippen molar-refractivity contribution in [3.05, 3.63) is 34.9 Å². The van der Waals surface area contributed by atoms with Gasteiger partial charge in [0.25, 0.3) is 0 Å². The normalized spacial score (nSPS) is 12.4. The van der Waals surface area contributed by atoms with E-state index in [9.17, 15) is 4.79 Å². The average Bonchev–Trinajstić information content (AvgIpc) is 3.00. The molecule has 4 nitrogen and oxygen atoms in total. The summed E-state index contributed by atoms with van der Waals surface area (Å²) in [4.78, 5) is 11.9. The highest BCUT2D eigenvalue weighted by atomic mass is 35.5. The number of thioether (sulfide) groups is 2. The van der Waals surface area contributed by atoms with Crippen LogP contribution in [0.15, 0.2) is 32.9 Å². The molecule has 2 aromatic rings. The van der Waals surface area contributed by atoms with Crippen LogP contribution in [0.25, 0.3) is 0 Å². The molecule has 0 spiro atoms. The van der Waals surface area contributed by atoms with Crippen molar-refractivity contribution in [2.24, 2.45) is 5.92 Å². The number of carbonyl (C=O) groups is 1. The maximum Gasteiger partial charge on any atom is 0.230 e. The summed E-state index contributed by atoms with van der Waals surface area (Å²) in [5.74, 6) is 1.65. The van der Waals surface area contributed by atoms with Gasteiger partial charge in [-0.05, 0) is 30.5 Å². The highest BCUT2D eigenvalue weighted by Crippen LogP contribution is 2.30. The third kappa shape index (κ3) is 6.63. The maximum atomic E-state index is 11.9. The van der Waals surface area contributed by atoms with Crippen molar-refractivity contribution in [2.75, 3.05) is 5.75 Å². The molecule has 0 bridgehead atoms. The number of nitrogens with zero attached hydrogens (tertiary/aromatic N) is 2. The molecule has 1 unspecified atom stereocenters. The number of halogens is 1. The first kappa shape index (κ1) is 19.6. The molecule has 0 saturated carbocycles. The first-order valence-electron chi connectivity index (χ1n) is 7.57. The van der Waals surface area contributed by atoms with Crippen LogP contribution in [-0.2, 0) is 10.5 Å². The number of rotatable bonds is 8. The molecule has 130 valence electrons. The molecule has 0 saturated heterocycles. The van der Waals surface area contributed by atoms with Crippen LogP contribution in [0.4, 0.5) is 0 Å². The number of nitrogens with one attached hydrogen (secondary N) is 1. The third-order valence-electron chi connectivity index (χ3n) is 3.38. The molecule has 0 aliphatic carbocycles. The summed E-state index contributed by atoms with van der Waals surface area (Å²) in [5, 5.41) is 12.0. The SMILES string of the molecule is CC(C)C(C)NC(=O)CSc1nnc(SCc2ccc(Cl)cc2)s1. The van der Waals surface area contributed by atoms with Gasteiger partial charge in [0.2, 0.25) is 5.91 Å². The molecule has 24 heavy (non-hydrogen) atoms. The fraction of sp³-hybridized carbons (Fsp3) is 0.438. The largest absolute Gasteiger partial charge is 0.353 e. The second kappa shape index (κ2) is 9.65. The summed E-state index contributed by atoms with van der Waals surface area (Å²) in [6.45, 7) is 6.20. The van der Waals surface area contributed by atoms with Gasteiger partial charge in [0.05, 0.1) is 5.75 Å². The molecule has 2 rings (SSSR count). The van der Waals surface area contributed by atoms with Crippen LogP contribution in [0.3, 0.4) is 0 Å². The maximum absolute atomic E-state index is 11.9. The van der Waals surface area contributed by atoms with Gasteiger partial charge in [-0.3, -0.25) is 4.79 Å². The van der Waals surface area contributed by atoms with Crippen LogP contribution in [0.5, 0.6) is 0 Å². The van der Waals surface area contributed by atoms with Gasteiger partial charge in [0, 0.05) is 16.8 Å². The highest BCUT2D eigenvalue weighted by Gasteiger charge is 2.12. The van der Waals surface area contributed by atoms with Crippen molar-refractivity contribution in [2.45, 2.75) is 41.2 Å². The van der Waals surface area contributed by atoms with Crippen LogP contribution in [0.2, 0.25) is 5.02 Å². The standard InChI is InChI=1S/C16H20ClN3OS3/c1-10(2)11(3)18-14(21)9-23-16-20-19-15(24-16)22-8-12-4-6-13(17)7-5-12/h4-7,10-11H,8-9H2,1-3H3,(H,18,21). The zero-order valence-electron chi connectivity index (χ0n) is 13.8. The van der Waals surface area contributed by atoms with Crippen LogP contribution in [0, 0.1) is 5.92 Å². The predicted molar refractivity (Wildman–Crippen MR) is 104 cm³/mol. The van der Waals surface area contributed by atoms with Crippen molar-refractivity contribution in [1.82, 2.24) is 15.5 Å². The Morgan fingerprint density at radius 2 is 1.79 bits per heavy atom. The molecular weight excluding hydrogens is 382 g/mol. The van der Waals surface area contributed by atoms with Crippen LogP contribution >= 0.6 is 46.5 Å². The monoisotopic (exact) mass is 401 g/mol. The molecule has 0 radical (unpaired) electrons. The van der Waals surface area contributed by atoms with Gasteiger partial charge in [0.1, 0.15) is 0 Å². The summed E-state index contributed by atoms with van der Waals surface area (Å²) in [6.07, 6.45) is 0. The minimum absolute atomic E-state index is 0.0340. The van der Waals surface area contributed by atoms with Crippen LogP contribution in [0.1, 0.15) is 26.3 Å². The molecule has 1 N–H and O–H groups in total. The van der Waals surface area contributed by atoms with E-state index in [0.717, 1.165) is 19.5 Å².